The lowest BCUT2D eigenvalue weighted by Gasteiger charge is -2.17. The second-order valence-electron chi connectivity index (χ2n) is 4.02. The van der Waals surface area contributed by atoms with Crippen molar-refractivity contribution in [3.8, 4) is 0 Å². The third-order valence-electron chi connectivity index (χ3n) is 2.26. The molecule has 1 rings (SSSR count). The molecular weight excluding hydrogens is 306 g/mol. The van der Waals surface area contributed by atoms with Crippen LogP contribution in [0.25, 0.3) is 0 Å². The van der Waals surface area contributed by atoms with Crippen molar-refractivity contribution in [1.29, 1.82) is 0 Å². The standard InChI is InChI=1S/C11H15NO6S2/c1-19(14,15)12(20(2,16)17)8-9-18-11(13)10-6-4-3-5-7-10/h3-7H,8-9H2,1-2H3. The van der Waals surface area contributed by atoms with Crippen LogP contribution in [0.2, 0.25) is 0 Å². The number of carbonyl (C=O) groups is 1. The molecule has 20 heavy (non-hydrogen) atoms. The van der Waals surface area contributed by atoms with Crippen LogP contribution in [-0.2, 0) is 24.8 Å². The van der Waals surface area contributed by atoms with Crippen molar-refractivity contribution in [2.75, 3.05) is 25.7 Å². The lowest BCUT2D eigenvalue weighted by Crippen LogP contribution is -2.38. The smallest absolute Gasteiger partial charge is 0.338 e. The molecule has 0 fully saturated rings. The summed E-state index contributed by atoms with van der Waals surface area (Å²) >= 11 is 0. The van der Waals surface area contributed by atoms with Gasteiger partial charge in [-0.25, -0.2) is 21.6 Å². The molecule has 0 heterocycles. The largest absolute Gasteiger partial charge is 0.461 e. The van der Waals surface area contributed by atoms with Gasteiger partial charge in [-0.3, -0.25) is 0 Å². The van der Waals surface area contributed by atoms with Crippen molar-refractivity contribution < 1.29 is 26.4 Å². The van der Waals surface area contributed by atoms with Crippen LogP contribution in [0, 0.1) is 0 Å². The predicted octanol–water partition coefficient (Wildman–Crippen LogP) is 0.0646. The van der Waals surface area contributed by atoms with E-state index in [2.05, 4.69) is 0 Å². The Morgan fingerprint density at radius 2 is 1.55 bits per heavy atom. The van der Waals surface area contributed by atoms with Crippen LogP contribution in [0.1, 0.15) is 10.4 Å². The zero-order chi connectivity index (χ0) is 15.4. The number of carbonyl (C=O) groups excluding carboxylic acids is 1. The highest BCUT2D eigenvalue weighted by molar-refractivity contribution is 8.03. The molecule has 9 heteroatoms. The summed E-state index contributed by atoms with van der Waals surface area (Å²) in [4.78, 5) is 11.6. The summed E-state index contributed by atoms with van der Waals surface area (Å²) < 4.78 is 50.4. The van der Waals surface area contributed by atoms with Crippen LogP contribution < -0.4 is 0 Å². The number of sulfonamides is 2. The minimum atomic E-state index is -3.93. The van der Waals surface area contributed by atoms with Crippen LogP contribution in [-0.4, -0.2) is 52.2 Å². The van der Waals surface area contributed by atoms with Crippen LogP contribution in [0.4, 0.5) is 0 Å². The lowest BCUT2D eigenvalue weighted by atomic mass is 10.2. The fourth-order valence-electron chi connectivity index (χ4n) is 1.45. The van der Waals surface area contributed by atoms with Crippen molar-refractivity contribution in [1.82, 2.24) is 3.71 Å². The van der Waals surface area contributed by atoms with Crippen LogP contribution in [0.5, 0.6) is 0 Å². The second kappa shape index (κ2) is 6.33. The molecule has 0 radical (unpaired) electrons. The van der Waals surface area contributed by atoms with Gasteiger partial charge < -0.3 is 4.74 Å². The number of rotatable bonds is 6. The van der Waals surface area contributed by atoms with E-state index < -0.39 is 32.6 Å². The molecule has 0 aliphatic rings. The third kappa shape index (κ3) is 4.91. The zero-order valence-electron chi connectivity index (χ0n) is 11.0. The topological polar surface area (TPSA) is 97.8 Å². The first-order valence-electron chi connectivity index (χ1n) is 5.52. The van der Waals surface area contributed by atoms with E-state index in [1.807, 2.05) is 0 Å². The summed E-state index contributed by atoms with van der Waals surface area (Å²) in [6.45, 7) is -0.801. The molecule has 0 aliphatic heterocycles. The highest BCUT2D eigenvalue weighted by atomic mass is 32.3. The van der Waals surface area contributed by atoms with Gasteiger partial charge in [-0.05, 0) is 12.1 Å². The molecule has 0 atom stereocenters. The summed E-state index contributed by atoms with van der Waals surface area (Å²) in [7, 11) is -7.86. The Kier molecular flexibility index (Phi) is 5.26. The molecule has 0 saturated carbocycles. The molecule has 7 nitrogen and oxygen atoms in total. The molecule has 0 N–H and O–H groups in total. The maximum absolute atomic E-state index is 11.6. The van der Waals surface area contributed by atoms with Crippen molar-refractivity contribution in [2.45, 2.75) is 0 Å². The highest BCUT2D eigenvalue weighted by Gasteiger charge is 2.26. The zero-order valence-corrected chi connectivity index (χ0v) is 12.6. The maximum Gasteiger partial charge on any atom is 0.338 e. The number of hydrogen-bond donors (Lipinski definition) is 0. The van der Waals surface area contributed by atoms with Gasteiger partial charge in [-0.15, -0.1) is 0 Å². The summed E-state index contributed by atoms with van der Waals surface area (Å²) in [5.74, 6) is -0.646. The van der Waals surface area contributed by atoms with Crippen LogP contribution in [0.3, 0.4) is 0 Å². The number of hydrogen-bond acceptors (Lipinski definition) is 6. The van der Waals surface area contributed by atoms with E-state index in [9.17, 15) is 21.6 Å². The molecule has 0 spiro atoms. The second-order valence-corrected chi connectivity index (χ2v) is 8.07. The van der Waals surface area contributed by atoms with E-state index in [-0.39, 0.29) is 10.3 Å². The van der Waals surface area contributed by atoms with Gasteiger partial charge in [0.1, 0.15) is 6.61 Å². The van der Waals surface area contributed by atoms with E-state index in [1.165, 1.54) is 12.1 Å². The van der Waals surface area contributed by atoms with E-state index in [1.54, 1.807) is 18.2 Å². The van der Waals surface area contributed by atoms with Crippen molar-refractivity contribution >= 4 is 26.0 Å². The van der Waals surface area contributed by atoms with Gasteiger partial charge in [0.2, 0.25) is 20.0 Å². The molecule has 0 amide bonds. The van der Waals surface area contributed by atoms with Gasteiger partial charge in [0, 0.05) is 0 Å². The highest BCUT2D eigenvalue weighted by Crippen LogP contribution is 2.06. The quantitative estimate of drug-likeness (QED) is 0.687. The van der Waals surface area contributed by atoms with E-state index in [4.69, 9.17) is 4.74 Å². The first-order chi connectivity index (χ1) is 9.12. The summed E-state index contributed by atoms with van der Waals surface area (Å²) in [6.07, 6.45) is 1.54. The summed E-state index contributed by atoms with van der Waals surface area (Å²) in [6, 6.07) is 8.10. The van der Waals surface area contributed by atoms with Gasteiger partial charge in [0.15, 0.2) is 0 Å². The minimum absolute atomic E-state index is 0.290. The van der Waals surface area contributed by atoms with E-state index in [0.29, 0.717) is 5.56 Å². The SMILES string of the molecule is CS(=O)(=O)N(CCOC(=O)c1ccccc1)S(C)(=O)=O. The average molecular weight is 321 g/mol. The maximum atomic E-state index is 11.6. The molecule has 0 aliphatic carbocycles. The molecule has 0 saturated heterocycles. The number of esters is 1. The first-order valence-corrected chi connectivity index (χ1v) is 9.22. The minimum Gasteiger partial charge on any atom is -0.461 e. The molecule has 0 unspecified atom stereocenters. The van der Waals surface area contributed by atoms with Crippen molar-refractivity contribution in [3.63, 3.8) is 0 Å². The van der Waals surface area contributed by atoms with Gasteiger partial charge in [0.25, 0.3) is 0 Å². The Bertz CT molecular complexity index is 634. The van der Waals surface area contributed by atoms with Crippen molar-refractivity contribution in [2.24, 2.45) is 0 Å². The van der Waals surface area contributed by atoms with E-state index in [0.717, 1.165) is 12.5 Å². The Morgan fingerprint density at radius 3 is 2.00 bits per heavy atom. The Morgan fingerprint density at radius 1 is 1.05 bits per heavy atom. The predicted molar refractivity (Wildman–Crippen MR) is 73.1 cm³/mol. The fourth-order valence-corrected chi connectivity index (χ4v) is 4.23. The normalized spacial score (nSPS) is 12.3. The van der Waals surface area contributed by atoms with Crippen molar-refractivity contribution in [3.05, 3.63) is 35.9 Å². The average Bonchev–Trinajstić information content (AvgIpc) is 2.32. The number of benzene rings is 1. The van der Waals surface area contributed by atoms with Crippen LogP contribution in [0.15, 0.2) is 30.3 Å². The Labute approximate surface area is 118 Å². The van der Waals surface area contributed by atoms with Gasteiger partial charge in [-0.2, -0.15) is 0 Å². The lowest BCUT2D eigenvalue weighted by molar-refractivity contribution is 0.0501. The summed E-state index contributed by atoms with van der Waals surface area (Å²) in [5.41, 5.74) is 0.303. The fraction of sp³-hybridized carbons (Fsp3) is 0.364. The van der Waals surface area contributed by atoms with Crippen LogP contribution >= 0.6 is 0 Å². The third-order valence-corrected chi connectivity index (χ3v) is 5.73. The van der Waals surface area contributed by atoms with E-state index >= 15 is 0 Å². The number of nitrogens with zero attached hydrogens (tertiary/aromatic N) is 1. The molecule has 112 valence electrons. The molecule has 1 aromatic carbocycles. The molecule has 1 aromatic rings. The summed E-state index contributed by atoms with van der Waals surface area (Å²) in [5, 5.41) is 0. The molecule has 0 bridgehead atoms. The Hall–Kier alpha value is -1.45. The first kappa shape index (κ1) is 16.6. The van der Waals surface area contributed by atoms with Gasteiger partial charge >= 0.3 is 5.97 Å². The van der Waals surface area contributed by atoms with Gasteiger partial charge in [-0.1, -0.05) is 21.9 Å². The molecule has 0 aromatic heterocycles. The Balaban J connectivity index is 2.65. The number of ether oxygens (including phenoxy) is 1. The van der Waals surface area contributed by atoms with Gasteiger partial charge in [0.05, 0.1) is 24.6 Å². The molecular formula is C11H15NO6S2. The monoisotopic (exact) mass is 321 g/mol.